The van der Waals surface area contributed by atoms with Gasteiger partial charge < -0.3 is 9.30 Å². The molecule has 1 N–H and O–H groups in total. The molecule has 0 aliphatic heterocycles. The minimum atomic E-state index is -0.398. The second kappa shape index (κ2) is 6.13. The maximum absolute atomic E-state index is 12.1. The Morgan fingerprint density at radius 3 is 2.75 bits per heavy atom. The standard InChI is InChI=1S/C18H21N3O3/c1-18(2)9-14(20-24-4)12-7-5-6-8-13(12)16(18)21-11-19-10-15(21)17(22)23-3/h5-11,16,20H,1-4H3. The topological polar surface area (TPSA) is 65.4 Å². The maximum atomic E-state index is 12.1. The molecule has 1 aromatic carbocycles. The predicted molar refractivity (Wildman–Crippen MR) is 90.1 cm³/mol. The van der Waals surface area contributed by atoms with Crippen LogP contribution in [0.3, 0.4) is 0 Å². The fourth-order valence-corrected chi connectivity index (χ4v) is 3.39. The monoisotopic (exact) mass is 327 g/mol. The first-order valence-electron chi connectivity index (χ1n) is 7.71. The number of aromatic nitrogens is 2. The van der Waals surface area contributed by atoms with Crippen LogP contribution in [0.4, 0.5) is 0 Å². The predicted octanol–water partition coefficient (Wildman–Crippen LogP) is 2.79. The van der Waals surface area contributed by atoms with E-state index >= 15 is 0 Å². The molecule has 1 aromatic heterocycles. The third kappa shape index (κ3) is 2.59. The highest BCUT2D eigenvalue weighted by Crippen LogP contribution is 2.46. The lowest BCUT2D eigenvalue weighted by molar-refractivity contribution is 0.0584. The molecule has 2 aromatic rings. The Balaban J connectivity index is 2.19. The van der Waals surface area contributed by atoms with Crippen molar-refractivity contribution in [1.82, 2.24) is 15.0 Å². The van der Waals surface area contributed by atoms with Crippen LogP contribution in [-0.2, 0) is 9.57 Å². The highest BCUT2D eigenvalue weighted by Gasteiger charge is 2.38. The molecule has 0 saturated heterocycles. The SMILES string of the molecule is CONC1=CC(C)(C)C(n2cncc2C(=O)OC)c2ccccc21. The Labute approximate surface area is 141 Å². The van der Waals surface area contributed by atoms with Gasteiger partial charge in [0.25, 0.3) is 0 Å². The lowest BCUT2D eigenvalue weighted by atomic mass is 9.73. The molecule has 1 aliphatic carbocycles. The summed E-state index contributed by atoms with van der Waals surface area (Å²) in [7, 11) is 2.97. The number of allylic oxidation sites excluding steroid dienone is 1. The number of carbonyl (C=O) groups excluding carboxylic acids is 1. The number of esters is 1. The summed E-state index contributed by atoms with van der Waals surface area (Å²) in [6.45, 7) is 4.23. The van der Waals surface area contributed by atoms with Crippen LogP contribution in [0.15, 0.2) is 42.9 Å². The van der Waals surface area contributed by atoms with Crippen molar-refractivity contribution in [2.45, 2.75) is 19.9 Å². The number of benzene rings is 1. The van der Waals surface area contributed by atoms with Crippen molar-refractivity contribution in [2.75, 3.05) is 14.2 Å². The van der Waals surface area contributed by atoms with Crippen LogP contribution in [0.1, 0.15) is 41.5 Å². The molecule has 0 saturated carbocycles. The number of hydrogen-bond donors (Lipinski definition) is 1. The summed E-state index contributed by atoms with van der Waals surface area (Å²) in [5.74, 6) is -0.398. The average molecular weight is 327 g/mol. The van der Waals surface area contributed by atoms with Gasteiger partial charge in [-0.25, -0.2) is 9.78 Å². The van der Waals surface area contributed by atoms with Crippen molar-refractivity contribution in [1.29, 1.82) is 0 Å². The van der Waals surface area contributed by atoms with Crippen LogP contribution >= 0.6 is 0 Å². The molecule has 0 radical (unpaired) electrons. The zero-order chi connectivity index (χ0) is 17.3. The van der Waals surface area contributed by atoms with Crippen LogP contribution in [0, 0.1) is 5.41 Å². The van der Waals surface area contributed by atoms with Gasteiger partial charge in [0.2, 0.25) is 0 Å². The number of nitrogens with one attached hydrogen (secondary N) is 1. The van der Waals surface area contributed by atoms with Gasteiger partial charge in [0.1, 0.15) is 5.69 Å². The van der Waals surface area contributed by atoms with Crippen molar-refractivity contribution in [2.24, 2.45) is 5.41 Å². The number of fused-ring (bicyclic) bond motifs is 1. The normalized spacial score (nSPS) is 18.5. The minimum Gasteiger partial charge on any atom is -0.464 e. The van der Waals surface area contributed by atoms with Crippen molar-refractivity contribution in [3.05, 3.63) is 59.7 Å². The molecule has 3 rings (SSSR count). The molecular formula is C18H21N3O3. The van der Waals surface area contributed by atoms with Crippen LogP contribution in [0.2, 0.25) is 0 Å². The van der Waals surface area contributed by atoms with Gasteiger partial charge in [-0.1, -0.05) is 44.2 Å². The first-order valence-corrected chi connectivity index (χ1v) is 7.71. The van der Waals surface area contributed by atoms with Crippen molar-refractivity contribution >= 4 is 11.7 Å². The van der Waals surface area contributed by atoms with Crippen LogP contribution in [0.5, 0.6) is 0 Å². The van der Waals surface area contributed by atoms with E-state index in [9.17, 15) is 4.79 Å². The number of imidazole rings is 1. The fourth-order valence-electron chi connectivity index (χ4n) is 3.39. The largest absolute Gasteiger partial charge is 0.464 e. The first kappa shape index (κ1) is 16.3. The number of nitrogens with zero attached hydrogens (tertiary/aromatic N) is 2. The van der Waals surface area contributed by atoms with Crippen molar-refractivity contribution < 1.29 is 14.4 Å². The van der Waals surface area contributed by atoms with E-state index in [1.54, 1.807) is 13.4 Å². The van der Waals surface area contributed by atoms with E-state index in [1.807, 2.05) is 22.8 Å². The molecule has 1 unspecified atom stereocenters. The number of methoxy groups -OCH3 is 1. The van der Waals surface area contributed by atoms with Gasteiger partial charge in [-0.15, -0.1) is 0 Å². The highest BCUT2D eigenvalue weighted by atomic mass is 16.6. The molecule has 6 heteroatoms. The van der Waals surface area contributed by atoms with E-state index in [4.69, 9.17) is 9.57 Å². The highest BCUT2D eigenvalue weighted by molar-refractivity contribution is 5.87. The third-order valence-corrected chi connectivity index (χ3v) is 4.32. The minimum absolute atomic E-state index is 0.0901. The van der Waals surface area contributed by atoms with Crippen molar-refractivity contribution in [3.8, 4) is 0 Å². The Kier molecular flexibility index (Phi) is 4.15. The molecule has 0 amide bonds. The van der Waals surface area contributed by atoms with Gasteiger partial charge in [-0.2, -0.15) is 0 Å². The number of hydroxylamine groups is 1. The quantitative estimate of drug-likeness (QED) is 0.691. The first-order chi connectivity index (χ1) is 11.5. The molecule has 126 valence electrons. The molecule has 1 aliphatic rings. The Hall–Kier alpha value is -2.60. The van der Waals surface area contributed by atoms with Crippen molar-refractivity contribution in [3.63, 3.8) is 0 Å². The summed E-state index contributed by atoms with van der Waals surface area (Å²) in [5, 5.41) is 0. The lowest BCUT2D eigenvalue weighted by Crippen LogP contribution is -2.34. The molecular weight excluding hydrogens is 306 g/mol. The van der Waals surface area contributed by atoms with E-state index in [2.05, 4.69) is 36.5 Å². The molecule has 1 heterocycles. The van der Waals surface area contributed by atoms with Gasteiger partial charge in [-0.3, -0.25) is 10.3 Å². The smallest absolute Gasteiger partial charge is 0.356 e. The van der Waals surface area contributed by atoms with Gasteiger partial charge in [0.05, 0.1) is 38.5 Å². The van der Waals surface area contributed by atoms with E-state index in [0.29, 0.717) is 5.69 Å². The summed E-state index contributed by atoms with van der Waals surface area (Å²) in [4.78, 5) is 21.4. The summed E-state index contributed by atoms with van der Waals surface area (Å²) >= 11 is 0. The van der Waals surface area contributed by atoms with Crippen LogP contribution < -0.4 is 5.48 Å². The van der Waals surface area contributed by atoms with Gasteiger partial charge in [0.15, 0.2) is 0 Å². The number of carbonyl (C=O) groups is 1. The maximum Gasteiger partial charge on any atom is 0.356 e. The summed E-state index contributed by atoms with van der Waals surface area (Å²) < 4.78 is 6.77. The third-order valence-electron chi connectivity index (χ3n) is 4.32. The average Bonchev–Trinajstić information content (AvgIpc) is 3.02. The molecule has 0 bridgehead atoms. The van der Waals surface area contributed by atoms with E-state index < -0.39 is 5.97 Å². The second-order valence-electron chi connectivity index (χ2n) is 6.35. The van der Waals surface area contributed by atoms with Crippen LogP contribution in [-0.4, -0.2) is 29.7 Å². The lowest BCUT2D eigenvalue weighted by Gasteiger charge is -2.39. The van der Waals surface area contributed by atoms with E-state index in [-0.39, 0.29) is 11.5 Å². The summed E-state index contributed by atoms with van der Waals surface area (Å²) in [6.07, 6.45) is 5.33. The number of ether oxygens (including phenoxy) is 1. The summed E-state index contributed by atoms with van der Waals surface area (Å²) in [5.41, 5.74) is 6.15. The second-order valence-corrected chi connectivity index (χ2v) is 6.35. The van der Waals surface area contributed by atoms with E-state index in [1.165, 1.54) is 13.3 Å². The molecule has 24 heavy (non-hydrogen) atoms. The number of rotatable bonds is 4. The summed E-state index contributed by atoms with van der Waals surface area (Å²) in [6, 6.07) is 7.98. The zero-order valence-corrected chi connectivity index (χ0v) is 14.2. The van der Waals surface area contributed by atoms with Gasteiger partial charge in [-0.05, 0) is 5.56 Å². The zero-order valence-electron chi connectivity index (χ0n) is 14.2. The Bertz CT molecular complexity index is 792. The molecule has 0 fully saturated rings. The number of hydrogen-bond acceptors (Lipinski definition) is 5. The van der Waals surface area contributed by atoms with E-state index in [0.717, 1.165) is 16.8 Å². The van der Waals surface area contributed by atoms with Gasteiger partial charge in [0, 0.05) is 11.0 Å². The molecule has 0 spiro atoms. The fraction of sp³-hybridized carbons (Fsp3) is 0.333. The molecule has 1 atom stereocenters. The Morgan fingerprint density at radius 2 is 2.04 bits per heavy atom. The molecule has 6 nitrogen and oxygen atoms in total. The van der Waals surface area contributed by atoms with Gasteiger partial charge >= 0.3 is 5.97 Å². The van der Waals surface area contributed by atoms with Crippen LogP contribution in [0.25, 0.3) is 5.70 Å². The Morgan fingerprint density at radius 1 is 1.29 bits per heavy atom.